The Kier molecular flexibility index (Phi) is 9.18. The second kappa shape index (κ2) is 15.3. The maximum Gasteiger partial charge on any atom is 0.333 e. The number of para-hydroxylation sites is 3. The number of aromatic nitrogens is 1. The van der Waals surface area contributed by atoms with Crippen molar-refractivity contribution < 1.29 is 8.83 Å². The van der Waals surface area contributed by atoms with Gasteiger partial charge >= 0.3 is 6.85 Å². The van der Waals surface area contributed by atoms with Gasteiger partial charge in [0, 0.05) is 83.6 Å². The quantitative estimate of drug-likeness (QED) is 0.165. The highest BCUT2D eigenvalue weighted by Crippen LogP contribution is 2.54. The minimum Gasteiger partial charge on any atom is -0.456 e. The first-order valence-corrected chi connectivity index (χ1v) is 27.4. The summed E-state index contributed by atoms with van der Waals surface area (Å²) in [5.74, 6) is 0. The van der Waals surface area contributed by atoms with Crippen LogP contribution in [0.5, 0.6) is 0 Å². The van der Waals surface area contributed by atoms with Gasteiger partial charge in [-0.3, -0.25) is 0 Å². The van der Waals surface area contributed by atoms with Crippen LogP contribution in [0.25, 0.3) is 82.5 Å². The zero-order chi connectivity index (χ0) is 51.9. The number of hydrogen-bond acceptors (Lipinski definition) is 4. The van der Waals surface area contributed by atoms with Gasteiger partial charge in [-0.25, -0.2) is 0 Å². The van der Waals surface area contributed by atoms with Gasteiger partial charge in [-0.2, -0.15) is 0 Å². The lowest BCUT2D eigenvalue weighted by atomic mass is 9.43. The fourth-order valence-electron chi connectivity index (χ4n) is 13.7. The average Bonchev–Trinajstić information content (AvgIpc) is 4.16. The molecular weight excluding hydrogens is 926 g/mol. The molecule has 3 aliphatic rings. The molecule has 0 atom stereocenters. The van der Waals surface area contributed by atoms with Crippen LogP contribution < -0.4 is 20.6 Å². The van der Waals surface area contributed by atoms with Gasteiger partial charge in [-0.1, -0.05) is 154 Å². The van der Waals surface area contributed by atoms with E-state index in [1.165, 1.54) is 60.5 Å². The fourth-order valence-corrected chi connectivity index (χ4v) is 13.7. The highest BCUT2D eigenvalue weighted by Gasteiger charge is 2.47. The van der Waals surface area contributed by atoms with Crippen LogP contribution in [-0.4, -0.2) is 11.4 Å². The maximum atomic E-state index is 7.43. The van der Waals surface area contributed by atoms with E-state index in [0.717, 1.165) is 96.4 Å². The minimum absolute atomic E-state index is 0.0117. The third-order valence-corrected chi connectivity index (χ3v) is 17.9. The monoisotopic (exact) mass is 987 g/mol. The molecule has 0 unspecified atom stereocenters. The summed E-state index contributed by atoms with van der Waals surface area (Å²) in [7, 11) is 0. The number of fused-ring (bicyclic) bond motifs is 17. The van der Waals surface area contributed by atoms with E-state index in [1.54, 1.807) is 0 Å². The molecule has 0 bridgehead atoms. The zero-order valence-electron chi connectivity index (χ0n) is 45.3. The molecule has 0 amide bonds. The topological polar surface area (TPSA) is 37.7 Å². The molecule has 0 fully saturated rings. The van der Waals surface area contributed by atoms with Crippen molar-refractivity contribution in [3.63, 3.8) is 0 Å². The highest BCUT2D eigenvalue weighted by atomic mass is 16.3. The standard InChI is InChI=1S/C70H62BN3O2/c1-67(2,3)41-25-28-45(29-26-41)74-57-40-60-49(50-38-52-53(39-59(50)75-60)70(9,10)34-33-69(52,7)8)37-51(57)63-64-65-61(62-48-23-17-18-24-58(48)76-66(62)63)47-31-30-46(72(43-19-13-11-14-20-43)44-21-15-12-16-22-44)36-56(47)73(65)55-32-27-42(68(4,5)6)35-54(55)71(64)74/h11-32,35-40H,33-34H2,1-10H3. The van der Waals surface area contributed by atoms with E-state index >= 15 is 0 Å². The Morgan fingerprint density at radius 3 is 1.80 bits per heavy atom. The third kappa shape index (κ3) is 6.33. The van der Waals surface area contributed by atoms with E-state index in [9.17, 15) is 0 Å². The Hall–Kier alpha value is -7.96. The molecule has 0 radical (unpaired) electrons. The summed E-state index contributed by atoms with van der Waals surface area (Å²) in [6, 6.07) is 63.8. The van der Waals surface area contributed by atoms with Gasteiger partial charge in [0.2, 0.25) is 0 Å². The molecular formula is C70H62BN3O2. The maximum absolute atomic E-state index is 7.43. The van der Waals surface area contributed by atoms with Gasteiger partial charge in [0.1, 0.15) is 22.3 Å². The molecule has 15 rings (SSSR count). The third-order valence-electron chi connectivity index (χ3n) is 17.9. The molecule has 76 heavy (non-hydrogen) atoms. The predicted molar refractivity (Wildman–Crippen MR) is 322 cm³/mol. The Labute approximate surface area is 445 Å². The number of rotatable bonds is 4. The molecule has 0 saturated carbocycles. The second-order valence-electron chi connectivity index (χ2n) is 25.6. The number of nitrogens with zero attached hydrogens (tertiary/aromatic N) is 3. The minimum atomic E-state index is -0.224. The van der Waals surface area contributed by atoms with E-state index in [4.69, 9.17) is 8.83 Å². The molecule has 0 N–H and O–H groups in total. The Balaban J connectivity index is 1.13. The Morgan fingerprint density at radius 1 is 0.500 bits per heavy atom. The average molecular weight is 988 g/mol. The summed E-state index contributed by atoms with van der Waals surface area (Å²) in [6.07, 6.45) is 2.29. The van der Waals surface area contributed by atoms with Crippen LogP contribution in [0.1, 0.15) is 104 Å². The summed E-state index contributed by atoms with van der Waals surface area (Å²) in [6.45, 7) is 23.3. The Morgan fingerprint density at radius 2 is 1.12 bits per heavy atom. The summed E-state index contributed by atoms with van der Waals surface area (Å²) in [5, 5.41) is 7.00. The molecule has 2 aliphatic heterocycles. The lowest BCUT2D eigenvalue weighted by molar-refractivity contribution is 0.332. The van der Waals surface area contributed by atoms with Gasteiger partial charge in [0.25, 0.3) is 0 Å². The second-order valence-corrected chi connectivity index (χ2v) is 25.6. The molecule has 0 saturated heterocycles. The SMILES string of the molecule is CC(C)(C)c1ccc(N2B3c4cc(C(C)(C)C)ccc4-n4c5cc(N(c6ccccc6)c6ccccc6)ccc5c5c6c(oc7ccccc76)c(c3c54)-c3cc4c(cc32)oc2cc3c(cc24)C(C)(C)CCC3(C)C)cc1. The van der Waals surface area contributed by atoms with Gasteiger partial charge in [0.05, 0.1) is 11.0 Å². The molecule has 12 aromatic rings. The van der Waals surface area contributed by atoms with E-state index in [-0.39, 0.29) is 28.5 Å². The van der Waals surface area contributed by atoms with Crippen molar-refractivity contribution >= 4 is 112 Å². The van der Waals surface area contributed by atoms with Crippen LogP contribution in [0.3, 0.4) is 0 Å². The molecule has 9 aromatic carbocycles. The van der Waals surface area contributed by atoms with Crippen molar-refractivity contribution in [2.24, 2.45) is 0 Å². The highest BCUT2D eigenvalue weighted by molar-refractivity contribution is 6.94. The number of anilines is 5. The van der Waals surface area contributed by atoms with E-state index in [1.807, 2.05) is 0 Å². The van der Waals surface area contributed by atoms with Gasteiger partial charge in [0.15, 0.2) is 0 Å². The van der Waals surface area contributed by atoms with Crippen molar-refractivity contribution in [3.05, 3.63) is 192 Å². The molecule has 0 spiro atoms. The largest absolute Gasteiger partial charge is 0.456 e. The summed E-state index contributed by atoms with van der Waals surface area (Å²) in [4.78, 5) is 5.03. The summed E-state index contributed by atoms with van der Waals surface area (Å²) >= 11 is 0. The fraction of sp³-hybridized carbons (Fsp3) is 0.229. The van der Waals surface area contributed by atoms with Gasteiger partial charge in [-0.05, 0) is 147 Å². The molecule has 372 valence electrons. The Bertz CT molecular complexity index is 4390. The van der Waals surface area contributed by atoms with Crippen LogP contribution >= 0.6 is 0 Å². The van der Waals surface area contributed by atoms with E-state index < -0.39 is 0 Å². The predicted octanol–water partition coefficient (Wildman–Crippen LogP) is 18.2. The van der Waals surface area contributed by atoms with Crippen LogP contribution in [0.15, 0.2) is 179 Å². The van der Waals surface area contributed by atoms with E-state index in [2.05, 4.69) is 253 Å². The summed E-state index contributed by atoms with van der Waals surface area (Å²) in [5.41, 5.74) is 23.0. The molecule has 5 heterocycles. The lowest BCUT2D eigenvalue weighted by Crippen LogP contribution is -2.60. The van der Waals surface area contributed by atoms with Crippen molar-refractivity contribution in [1.29, 1.82) is 0 Å². The van der Waals surface area contributed by atoms with Crippen molar-refractivity contribution in [2.75, 3.05) is 9.71 Å². The first-order chi connectivity index (χ1) is 36.4. The smallest absolute Gasteiger partial charge is 0.333 e. The molecule has 5 nitrogen and oxygen atoms in total. The molecule has 3 aromatic heterocycles. The van der Waals surface area contributed by atoms with Crippen LogP contribution in [0, 0.1) is 0 Å². The van der Waals surface area contributed by atoms with Crippen LogP contribution in [-0.2, 0) is 21.7 Å². The first-order valence-electron chi connectivity index (χ1n) is 27.4. The molecule has 1 aliphatic carbocycles. The normalized spacial score (nSPS) is 15.6. The first kappa shape index (κ1) is 45.4. The lowest BCUT2D eigenvalue weighted by Gasteiger charge is -2.42. The number of benzene rings is 9. The number of furan rings is 2. The van der Waals surface area contributed by atoms with Crippen LogP contribution in [0.4, 0.5) is 28.4 Å². The van der Waals surface area contributed by atoms with Gasteiger partial charge in [-0.15, -0.1) is 0 Å². The van der Waals surface area contributed by atoms with Crippen molar-refractivity contribution in [3.8, 4) is 16.8 Å². The van der Waals surface area contributed by atoms with Gasteiger partial charge < -0.3 is 23.1 Å². The molecule has 6 heteroatoms. The van der Waals surface area contributed by atoms with Crippen LogP contribution in [0.2, 0.25) is 0 Å². The van der Waals surface area contributed by atoms with E-state index in [0.29, 0.717) is 0 Å². The zero-order valence-corrected chi connectivity index (χ0v) is 45.3. The van der Waals surface area contributed by atoms with Crippen molar-refractivity contribution in [1.82, 2.24) is 4.57 Å². The number of hydrogen-bond donors (Lipinski definition) is 0. The van der Waals surface area contributed by atoms with Crippen molar-refractivity contribution in [2.45, 2.75) is 104 Å². The summed E-state index contributed by atoms with van der Waals surface area (Å²) < 4.78 is 17.2.